The molecule has 0 aliphatic carbocycles. The van der Waals surface area contributed by atoms with Crippen LogP contribution in [0.2, 0.25) is 0 Å². The smallest absolute Gasteiger partial charge is 0.241 e. The second-order valence-corrected chi connectivity index (χ2v) is 5.58. The Bertz CT molecular complexity index is 441. The Morgan fingerprint density at radius 1 is 1.33 bits per heavy atom. The van der Waals surface area contributed by atoms with Gasteiger partial charge in [0.2, 0.25) is 5.91 Å². The van der Waals surface area contributed by atoms with Gasteiger partial charge in [0.05, 0.1) is 13.2 Å². The minimum absolute atomic E-state index is 0.130. The van der Waals surface area contributed by atoms with Crippen molar-refractivity contribution in [2.45, 2.75) is 18.7 Å². The largest absolute Gasteiger partial charge is 0.378 e. The molecule has 1 aliphatic rings. The summed E-state index contributed by atoms with van der Waals surface area (Å²) in [6.45, 7) is 6.75. The number of hydrogen-bond donors (Lipinski definition) is 0. The second-order valence-electron chi connectivity index (χ2n) is 4.66. The van der Waals surface area contributed by atoms with Crippen LogP contribution in [0.4, 0.5) is 0 Å². The first-order chi connectivity index (χ1) is 8.59. The molecule has 0 radical (unpaired) electrons. The third-order valence-corrected chi connectivity index (χ3v) is 4.12. The summed E-state index contributed by atoms with van der Waals surface area (Å²) in [4.78, 5) is 14.0. The first-order valence-corrected chi connectivity index (χ1v) is 7.09. The monoisotopic (exact) mass is 311 g/mol. The molecule has 1 atom stereocenters. The molecule has 0 saturated carbocycles. The summed E-state index contributed by atoms with van der Waals surface area (Å²) in [5.74, 6) is 0.130. The van der Waals surface area contributed by atoms with Gasteiger partial charge in [-0.05, 0) is 25.0 Å². The Balaban J connectivity index is 2.14. The van der Waals surface area contributed by atoms with Gasteiger partial charge in [0.1, 0.15) is 4.83 Å². The van der Waals surface area contributed by atoms with E-state index < -0.39 is 0 Å². The standard InChI is InChI=1S/C14H18BrNO2/c1-10-3-4-12(11(2)9-10)13(15)14(17)16-5-7-18-8-6-16/h3-4,9,13H,5-8H2,1-2H3. The van der Waals surface area contributed by atoms with E-state index in [9.17, 15) is 4.79 Å². The quantitative estimate of drug-likeness (QED) is 0.786. The predicted molar refractivity (Wildman–Crippen MR) is 75.0 cm³/mol. The van der Waals surface area contributed by atoms with Crippen molar-refractivity contribution in [3.05, 3.63) is 34.9 Å². The summed E-state index contributed by atoms with van der Waals surface area (Å²) in [6.07, 6.45) is 0. The van der Waals surface area contributed by atoms with Gasteiger partial charge in [0, 0.05) is 13.1 Å². The Hall–Kier alpha value is -0.870. The van der Waals surface area contributed by atoms with Crippen molar-refractivity contribution in [3.8, 4) is 0 Å². The summed E-state index contributed by atoms with van der Waals surface area (Å²) < 4.78 is 5.27. The number of ether oxygens (including phenoxy) is 1. The van der Waals surface area contributed by atoms with E-state index in [0.29, 0.717) is 26.3 Å². The fraction of sp³-hybridized carbons (Fsp3) is 0.500. The van der Waals surface area contributed by atoms with Crippen LogP contribution >= 0.6 is 15.9 Å². The van der Waals surface area contributed by atoms with Gasteiger partial charge in [-0.25, -0.2) is 0 Å². The molecule has 0 aromatic heterocycles. The number of aryl methyl sites for hydroxylation is 2. The minimum Gasteiger partial charge on any atom is -0.378 e. The predicted octanol–water partition coefficient (Wildman–Crippen LogP) is 2.60. The Morgan fingerprint density at radius 2 is 2.00 bits per heavy atom. The average molecular weight is 312 g/mol. The van der Waals surface area contributed by atoms with E-state index in [-0.39, 0.29) is 10.7 Å². The SMILES string of the molecule is Cc1ccc(C(Br)C(=O)N2CCOCC2)c(C)c1. The molecule has 2 rings (SSSR count). The molecule has 1 aliphatic heterocycles. The zero-order valence-corrected chi connectivity index (χ0v) is 12.4. The van der Waals surface area contributed by atoms with Crippen molar-refractivity contribution in [1.82, 2.24) is 4.90 Å². The van der Waals surface area contributed by atoms with E-state index in [4.69, 9.17) is 4.74 Å². The molecule has 1 unspecified atom stereocenters. The number of halogens is 1. The highest BCUT2D eigenvalue weighted by Crippen LogP contribution is 2.28. The molecule has 4 heteroatoms. The van der Waals surface area contributed by atoms with Crippen LogP contribution in [0.3, 0.4) is 0 Å². The van der Waals surface area contributed by atoms with Crippen molar-refractivity contribution in [2.75, 3.05) is 26.3 Å². The first kappa shape index (κ1) is 13.6. The van der Waals surface area contributed by atoms with Gasteiger partial charge in [-0.15, -0.1) is 0 Å². The summed E-state index contributed by atoms with van der Waals surface area (Å²) in [5, 5.41) is 0. The van der Waals surface area contributed by atoms with Crippen LogP contribution in [0, 0.1) is 13.8 Å². The van der Waals surface area contributed by atoms with Gasteiger partial charge in [-0.2, -0.15) is 0 Å². The van der Waals surface area contributed by atoms with E-state index in [1.807, 2.05) is 24.0 Å². The van der Waals surface area contributed by atoms with Gasteiger partial charge in [0.15, 0.2) is 0 Å². The van der Waals surface area contributed by atoms with Crippen molar-refractivity contribution in [2.24, 2.45) is 0 Å². The molecule has 98 valence electrons. The zero-order valence-electron chi connectivity index (χ0n) is 10.8. The fourth-order valence-electron chi connectivity index (χ4n) is 2.19. The maximum Gasteiger partial charge on any atom is 0.241 e. The molecule has 1 fully saturated rings. The molecule has 0 spiro atoms. The molecule has 0 bridgehead atoms. The fourth-order valence-corrected chi connectivity index (χ4v) is 2.99. The topological polar surface area (TPSA) is 29.5 Å². The van der Waals surface area contributed by atoms with Crippen molar-refractivity contribution < 1.29 is 9.53 Å². The highest BCUT2D eigenvalue weighted by molar-refractivity contribution is 9.09. The molecule has 0 N–H and O–H groups in total. The highest BCUT2D eigenvalue weighted by Gasteiger charge is 2.25. The second kappa shape index (κ2) is 5.85. The van der Waals surface area contributed by atoms with Gasteiger partial charge in [-0.3, -0.25) is 4.79 Å². The zero-order chi connectivity index (χ0) is 13.1. The van der Waals surface area contributed by atoms with Crippen LogP contribution in [0.15, 0.2) is 18.2 Å². The average Bonchev–Trinajstić information content (AvgIpc) is 2.38. The Morgan fingerprint density at radius 3 is 2.61 bits per heavy atom. The molecule has 1 saturated heterocycles. The number of alkyl halides is 1. The number of amides is 1. The van der Waals surface area contributed by atoms with Crippen LogP contribution in [0.5, 0.6) is 0 Å². The van der Waals surface area contributed by atoms with Gasteiger partial charge < -0.3 is 9.64 Å². The normalized spacial score (nSPS) is 17.6. The first-order valence-electron chi connectivity index (χ1n) is 6.17. The van der Waals surface area contributed by atoms with E-state index in [0.717, 1.165) is 11.1 Å². The lowest BCUT2D eigenvalue weighted by molar-refractivity contribution is -0.134. The van der Waals surface area contributed by atoms with Crippen LogP contribution in [-0.2, 0) is 9.53 Å². The van der Waals surface area contributed by atoms with Crippen LogP contribution in [0.1, 0.15) is 21.5 Å². The Labute approximate surface area is 116 Å². The number of carbonyl (C=O) groups is 1. The summed E-state index contributed by atoms with van der Waals surface area (Å²) >= 11 is 3.53. The number of morpholine rings is 1. The lowest BCUT2D eigenvalue weighted by Crippen LogP contribution is -2.42. The molecule has 1 aromatic rings. The molecule has 3 nitrogen and oxygen atoms in total. The number of benzene rings is 1. The van der Waals surface area contributed by atoms with Gasteiger partial charge in [0.25, 0.3) is 0 Å². The highest BCUT2D eigenvalue weighted by atomic mass is 79.9. The molecule has 1 heterocycles. The van der Waals surface area contributed by atoms with E-state index in [2.05, 4.69) is 28.9 Å². The number of nitrogens with zero attached hydrogens (tertiary/aromatic N) is 1. The maximum atomic E-state index is 12.4. The van der Waals surface area contributed by atoms with E-state index in [1.165, 1.54) is 5.56 Å². The Kier molecular flexibility index (Phi) is 4.40. The third-order valence-electron chi connectivity index (χ3n) is 3.24. The van der Waals surface area contributed by atoms with Gasteiger partial charge >= 0.3 is 0 Å². The summed E-state index contributed by atoms with van der Waals surface area (Å²) in [5.41, 5.74) is 3.42. The van der Waals surface area contributed by atoms with Gasteiger partial charge in [-0.1, -0.05) is 39.7 Å². The number of rotatable bonds is 2. The minimum atomic E-state index is -0.254. The number of hydrogen-bond acceptors (Lipinski definition) is 2. The van der Waals surface area contributed by atoms with E-state index >= 15 is 0 Å². The van der Waals surface area contributed by atoms with Crippen LogP contribution in [-0.4, -0.2) is 37.1 Å². The van der Waals surface area contributed by atoms with Crippen LogP contribution in [0.25, 0.3) is 0 Å². The molecular weight excluding hydrogens is 294 g/mol. The molecule has 1 aromatic carbocycles. The molecule has 1 amide bonds. The van der Waals surface area contributed by atoms with E-state index in [1.54, 1.807) is 0 Å². The van der Waals surface area contributed by atoms with Crippen molar-refractivity contribution in [3.63, 3.8) is 0 Å². The summed E-state index contributed by atoms with van der Waals surface area (Å²) in [6, 6.07) is 6.18. The maximum absolute atomic E-state index is 12.4. The van der Waals surface area contributed by atoms with Crippen molar-refractivity contribution in [1.29, 1.82) is 0 Å². The number of carbonyl (C=O) groups excluding carboxylic acids is 1. The third kappa shape index (κ3) is 2.93. The lowest BCUT2D eigenvalue weighted by Gasteiger charge is -2.29. The molecule has 18 heavy (non-hydrogen) atoms. The molecular formula is C14H18BrNO2. The summed E-state index contributed by atoms with van der Waals surface area (Å²) in [7, 11) is 0. The van der Waals surface area contributed by atoms with Crippen LogP contribution < -0.4 is 0 Å². The van der Waals surface area contributed by atoms with Crippen molar-refractivity contribution >= 4 is 21.8 Å². The lowest BCUT2D eigenvalue weighted by atomic mass is 10.0.